The van der Waals surface area contributed by atoms with Crippen LogP contribution in [0.2, 0.25) is 0 Å². The summed E-state index contributed by atoms with van der Waals surface area (Å²) < 4.78 is 6.73. The van der Waals surface area contributed by atoms with Crippen molar-refractivity contribution in [2.75, 3.05) is 13.2 Å². The molecule has 0 spiro atoms. The summed E-state index contributed by atoms with van der Waals surface area (Å²) in [6, 6.07) is 15.7. The van der Waals surface area contributed by atoms with E-state index in [9.17, 15) is 9.59 Å². The van der Waals surface area contributed by atoms with E-state index in [4.69, 9.17) is 4.74 Å². The molecule has 1 unspecified atom stereocenters. The van der Waals surface area contributed by atoms with Gasteiger partial charge in [-0.1, -0.05) is 70.0 Å². The number of carbonyl (C=O) groups excluding carboxylic acids is 2. The van der Waals surface area contributed by atoms with Gasteiger partial charge >= 0.3 is 0 Å². The molecule has 5 nitrogen and oxygen atoms in total. The third-order valence-corrected chi connectivity index (χ3v) is 7.17. The Morgan fingerprint density at radius 1 is 1.12 bits per heavy atom. The molecule has 0 heterocycles. The standard InChI is InChI=1S/C28H37BrN2O3/c1-4-25(28(33)30-23-12-8-9-13-23)31(17-16-21-10-6-5-7-11-21)27(32)19-34-26-15-14-22(20(2)3)18-24(26)29/h5-7,10-11,14-15,18,20,23,25H,4,8-9,12-13,16-17,19H2,1-3H3,(H,30,33). The van der Waals surface area contributed by atoms with Gasteiger partial charge in [0.25, 0.3) is 5.91 Å². The molecule has 3 rings (SSSR count). The lowest BCUT2D eigenvalue weighted by Crippen LogP contribution is -2.53. The molecule has 0 saturated heterocycles. The van der Waals surface area contributed by atoms with Crippen LogP contribution in [0.15, 0.2) is 53.0 Å². The first kappa shape index (κ1) is 26.3. The summed E-state index contributed by atoms with van der Waals surface area (Å²) in [6.07, 6.45) is 5.58. The van der Waals surface area contributed by atoms with E-state index in [1.165, 1.54) is 5.56 Å². The van der Waals surface area contributed by atoms with Crippen molar-refractivity contribution in [3.05, 3.63) is 64.1 Å². The smallest absolute Gasteiger partial charge is 0.261 e. The van der Waals surface area contributed by atoms with Crippen molar-refractivity contribution in [3.63, 3.8) is 0 Å². The summed E-state index contributed by atoms with van der Waals surface area (Å²) in [5.41, 5.74) is 2.34. The van der Waals surface area contributed by atoms with Crippen molar-refractivity contribution in [1.82, 2.24) is 10.2 Å². The third-order valence-electron chi connectivity index (χ3n) is 6.55. The summed E-state index contributed by atoms with van der Waals surface area (Å²) >= 11 is 3.56. The van der Waals surface area contributed by atoms with Gasteiger partial charge in [0.05, 0.1) is 4.47 Å². The Bertz CT molecular complexity index is 942. The van der Waals surface area contributed by atoms with Gasteiger partial charge in [-0.2, -0.15) is 0 Å². The normalized spacial score (nSPS) is 14.7. The molecule has 6 heteroatoms. The Balaban J connectivity index is 1.71. The Kier molecular flexibility index (Phi) is 10.00. The van der Waals surface area contributed by atoms with Crippen LogP contribution in [0.5, 0.6) is 5.75 Å². The molecule has 2 aromatic rings. The molecule has 1 aliphatic rings. The molecule has 1 fully saturated rings. The maximum atomic E-state index is 13.4. The van der Waals surface area contributed by atoms with Crippen LogP contribution in [0.3, 0.4) is 0 Å². The van der Waals surface area contributed by atoms with Crippen LogP contribution in [0, 0.1) is 0 Å². The highest BCUT2D eigenvalue weighted by Gasteiger charge is 2.30. The number of ether oxygens (including phenoxy) is 1. The van der Waals surface area contributed by atoms with E-state index in [1.54, 1.807) is 4.90 Å². The number of nitrogens with zero attached hydrogens (tertiary/aromatic N) is 1. The van der Waals surface area contributed by atoms with Crippen LogP contribution < -0.4 is 10.1 Å². The number of rotatable bonds is 11. The van der Waals surface area contributed by atoms with Crippen LogP contribution in [0.4, 0.5) is 0 Å². The number of halogens is 1. The number of hydrogen-bond donors (Lipinski definition) is 1. The highest BCUT2D eigenvalue weighted by Crippen LogP contribution is 2.29. The van der Waals surface area contributed by atoms with Crippen molar-refractivity contribution >= 4 is 27.7 Å². The lowest BCUT2D eigenvalue weighted by atomic mass is 10.0. The SMILES string of the molecule is CCC(C(=O)NC1CCCC1)N(CCc1ccccc1)C(=O)COc1ccc(C(C)C)cc1Br. The number of hydrogen-bond acceptors (Lipinski definition) is 3. The average molecular weight is 530 g/mol. The van der Waals surface area contributed by atoms with E-state index in [2.05, 4.69) is 35.1 Å². The van der Waals surface area contributed by atoms with Gasteiger partial charge < -0.3 is 15.0 Å². The number of carbonyl (C=O) groups is 2. The van der Waals surface area contributed by atoms with E-state index in [1.807, 2.05) is 55.5 Å². The van der Waals surface area contributed by atoms with Crippen molar-refractivity contribution in [2.24, 2.45) is 0 Å². The molecule has 0 aromatic heterocycles. The Hall–Kier alpha value is -2.34. The average Bonchev–Trinajstić information content (AvgIpc) is 3.34. The van der Waals surface area contributed by atoms with Gasteiger partial charge in [0.1, 0.15) is 11.8 Å². The van der Waals surface area contributed by atoms with E-state index in [-0.39, 0.29) is 24.5 Å². The van der Waals surface area contributed by atoms with Gasteiger partial charge in [-0.05, 0) is 70.8 Å². The lowest BCUT2D eigenvalue weighted by molar-refractivity contribution is -0.142. The molecule has 0 bridgehead atoms. The summed E-state index contributed by atoms with van der Waals surface area (Å²) in [5.74, 6) is 0.802. The summed E-state index contributed by atoms with van der Waals surface area (Å²) in [4.78, 5) is 28.2. The summed E-state index contributed by atoms with van der Waals surface area (Å²) in [7, 11) is 0. The minimum absolute atomic E-state index is 0.0571. The maximum Gasteiger partial charge on any atom is 0.261 e. The van der Waals surface area contributed by atoms with Gasteiger partial charge in [0, 0.05) is 12.6 Å². The molecule has 1 aliphatic carbocycles. The second-order valence-corrected chi connectivity index (χ2v) is 10.2. The third kappa shape index (κ3) is 7.33. The monoisotopic (exact) mass is 528 g/mol. The molecule has 2 amide bonds. The predicted molar refractivity (Wildman–Crippen MR) is 140 cm³/mol. The van der Waals surface area contributed by atoms with Crippen LogP contribution in [-0.4, -0.2) is 41.9 Å². The first-order chi connectivity index (χ1) is 16.4. The summed E-state index contributed by atoms with van der Waals surface area (Å²) in [5, 5.41) is 3.18. The molecular formula is C28H37BrN2O3. The fraction of sp³-hybridized carbons (Fsp3) is 0.500. The van der Waals surface area contributed by atoms with E-state index in [0.29, 0.717) is 31.1 Å². The fourth-order valence-electron chi connectivity index (χ4n) is 4.48. The molecule has 2 aromatic carbocycles. The molecule has 184 valence electrons. The maximum absolute atomic E-state index is 13.4. The van der Waals surface area contributed by atoms with E-state index < -0.39 is 6.04 Å². The lowest BCUT2D eigenvalue weighted by Gasteiger charge is -2.31. The van der Waals surface area contributed by atoms with Gasteiger partial charge in [-0.25, -0.2) is 0 Å². The zero-order chi connectivity index (χ0) is 24.5. The zero-order valence-corrected chi connectivity index (χ0v) is 22.1. The van der Waals surface area contributed by atoms with Crippen LogP contribution in [0.25, 0.3) is 0 Å². The minimum atomic E-state index is -0.507. The second-order valence-electron chi connectivity index (χ2n) is 9.37. The molecule has 0 aliphatic heterocycles. The molecule has 1 atom stereocenters. The highest BCUT2D eigenvalue weighted by molar-refractivity contribution is 9.10. The summed E-state index contributed by atoms with van der Waals surface area (Å²) in [6.45, 7) is 6.59. The zero-order valence-electron chi connectivity index (χ0n) is 20.6. The van der Waals surface area contributed by atoms with Gasteiger partial charge in [-0.15, -0.1) is 0 Å². The first-order valence-electron chi connectivity index (χ1n) is 12.4. The number of amides is 2. The van der Waals surface area contributed by atoms with Crippen LogP contribution in [-0.2, 0) is 16.0 Å². The van der Waals surface area contributed by atoms with Crippen LogP contribution in [0.1, 0.15) is 69.9 Å². The van der Waals surface area contributed by atoms with Crippen molar-refractivity contribution in [1.29, 1.82) is 0 Å². The van der Waals surface area contributed by atoms with Crippen molar-refractivity contribution in [3.8, 4) is 5.75 Å². The largest absolute Gasteiger partial charge is 0.483 e. The minimum Gasteiger partial charge on any atom is -0.483 e. The fourth-order valence-corrected chi connectivity index (χ4v) is 4.99. The van der Waals surface area contributed by atoms with Crippen LogP contribution >= 0.6 is 15.9 Å². The Morgan fingerprint density at radius 2 is 1.82 bits per heavy atom. The molecule has 1 N–H and O–H groups in total. The highest BCUT2D eigenvalue weighted by atomic mass is 79.9. The van der Waals surface area contributed by atoms with E-state index >= 15 is 0 Å². The van der Waals surface area contributed by atoms with Crippen molar-refractivity contribution < 1.29 is 14.3 Å². The van der Waals surface area contributed by atoms with Gasteiger partial charge in [0.15, 0.2) is 6.61 Å². The molecule has 0 radical (unpaired) electrons. The Labute approximate surface area is 212 Å². The predicted octanol–water partition coefficient (Wildman–Crippen LogP) is 5.86. The van der Waals surface area contributed by atoms with E-state index in [0.717, 1.165) is 35.7 Å². The van der Waals surface area contributed by atoms with Gasteiger partial charge in [0.2, 0.25) is 5.91 Å². The van der Waals surface area contributed by atoms with Crippen molar-refractivity contribution in [2.45, 2.75) is 77.3 Å². The second kappa shape index (κ2) is 12.9. The molecular weight excluding hydrogens is 492 g/mol. The quantitative estimate of drug-likeness (QED) is 0.397. The topological polar surface area (TPSA) is 58.6 Å². The number of benzene rings is 2. The number of nitrogens with one attached hydrogen (secondary N) is 1. The Morgan fingerprint density at radius 3 is 2.44 bits per heavy atom. The molecule has 34 heavy (non-hydrogen) atoms. The van der Waals surface area contributed by atoms with Gasteiger partial charge in [-0.3, -0.25) is 9.59 Å². The first-order valence-corrected chi connectivity index (χ1v) is 13.2. The molecule has 1 saturated carbocycles.